The van der Waals surface area contributed by atoms with Crippen LogP contribution in [-0.4, -0.2) is 16.2 Å². The van der Waals surface area contributed by atoms with Crippen LogP contribution in [0.3, 0.4) is 0 Å². The minimum absolute atomic E-state index is 0.101. The monoisotopic (exact) mass is 364 g/mol. The summed E-state index contributed by atoms with van der Waals surface area (Å²) in [6.45, 7) is 4.38. The van der Waals surface area contributed by atoms with Crippen molar-refractivity contribution in [1.82, 2.24) is 4.98 Å². The molecule has 1 aliphatic heterocycles. The Bertz CT molecular complexity index is 941. The van der Waals surface area contributed by atoms with Crippen LogP contribution in [0.1, 0.15) is 30.5 Å². The second-order valence-corrected chi connectivity index (χ2v) is 7.48. The lowest BCUT2D eigenvalue weighted by atomic mass is 9.85. The standard InChI is InChI=1S/C20H17BrN2/c1-20(2)12-16-15(6-3-7-17(16)21)19(23-20)14-8-9-18-13(11-14)5-4-10-22-18/h3-11H,12H2,1-2H3. The van der Waals surface area contributed by atoms with E-state index >= 15 is 0 Å². The highest BCUT2D eigenvalue weighted by Crippen LogP contribution is 2.34. The van der Waals surface area contributed by atoms with Crippen molar-refractivity contribution in [2.75, 3.05) is 0 Å². The van der Waals surface area contributed by atoms with Crippen molar-refractivity contribution < 1.29 is 0 Å². The van der Waals surface area contributed by atoms with E-state index in [0.717, 1.165) is 33.1 Å². The number of fused-ring (bicyclic) bond motifs is 2. The summed E-state index contributed by atoms with van der Waals surface area (Å²) in [5.74, 6) is 0. The molecule has 0 amide bonds. The maximum atomic E-state index is 5.05. The van der Waals surface area contributed by atoms with Gasteiger partial charge in [-0.1, -0.05) is 40.2 Å². The van der Waals surface area contributed by atoms with Crippen molar-refractivity contribution in [3.63, 3.8) is 0 Å². The number of hydrogen-bond donors (Lipinski definition) is 0. The molecule has 3 heteroatoms. The van der Waals surface area contributed by atoms with E-state index < -0.39 is 0 Å². The van der Waals surface area contributed by atoms with Crippen LogP contribution >= 0.6 is 15.9 Å². The number of aliphatic imine (C=N–C) groups is 1. The number of aromatic nitrogens is 1. The summed E-state index contributed by atoms with van der Waals surface area (Å²) in [5.41, 5.74) is 5.70. The Morgan fingerprint density at radius 1 is 1.04 bits per heavy atom. The fraction of sp³-hybridized carbons (Fsp3) is 0.200. The summed E-state index contributed by atoms with van der Waals surface area (Å²) in [7, 11) is 0. The van der Waals surface area contributed by atoms with E-state index in [1.165, 1.54) is 11.1 Å². The molecule has 0 bridgehead atoms. The molecular formula is C20H17BrN2. The van der Waals surface area contributed by atoms with Gasteiger partial charge >= 0.3 is 0 Å². The molecule has 0 spiro atoms. The lowest BCUT2D eigenvalue weighted by Crippen LogP contribution is -2.29. The number of benzene rings is 2. The van der Waals surface area contributed by atoms with Gasteiger partial charge in [0.25, 0.3) is 0 Å². The van der Waals surface area contributed by atoms with Gasteiger partial charge in [-0.3, -0.25) is 9.98 Å². The maximum absolute atomic E-state index is 5.05. The van der Waals surface area contributed by atoms with Crippen LogP contribution in [-0.2, 0) is 6.42 Å². The first-order chi connectivity index (χ1) is 11.0. The van der Waals surface area contributed by atoms with E-state index in [-0.39, 0.29) is 5.54 Å². The molecule has 2 aromatic carbocycles. The van der Waals surface area contributed by atoms with Gasteiger partial charge in [0.05, 0.1) is 16.8 Å². The fourth-order valence-corrected chi connectivity index (χ4v) is 3.74. The van der Waals surface area contributed by atoms with Crippen molar-refractivity contribution in [3.8, 4) is 0 Å². The average Bonchev–Trinajstić information content (AvgIpc) is 2.54. The molecule has 0 atom stereocenters. The Balaban J connectivity index is 1.95. The second kappa shape index (κ2) is 5.27. The summed E-state index contributed by atoms with van der Waals surface area (Å²) in [5, 5.41) is 1.15. The fourth-order valence-electron chi connectivity index (χ4n) is 3.24. The van der Waals surface area contributed by atoms with Crippen LogP contribution in [0.15, 0.2) is 64.2 Å². The Morgan fingerprint density at radius 3 is 2.78 bits per heavy atom. The quantitative estimate of drug-likeness (QED) is 0.584. The van der Waals surface area contributed by atoms with Crippen LogP contribution in [0.4, 0.5) is 0 Å². The van der Waals surface area contributed by atoms with Gasteiger partial charge in [-0.25, -0.2) is 0 Å². The summed E-state index contributed by atoms with van der Waals surface area (Å²) >= 11 is 3.71. The van der Waals surface area contributed by atoms with E-state index in [4.69, 9.17) is 4.99 Å². The van der Waals surface area contributed by atoms with Gasteiger partial charge in [-0.2, -0.15) is 0 Å². The number of halogens is 1. The number of nitrogens with zero attached hydrogens (tertiary/aromatic N) is 2. The van der Waals surface area contributed by atoms with E-state index in [1.807, 2.05) is 12.3 Å². The zero-order chi connectivity index (χ0) is 16.0. The topological polar surface area (TPSA) is 25.2 Å². The van der Waals surface area contributed by atoms with E-state index in [9.17, 15) is 0 Å². The molecule has 23 heavy (non-hydrogen) atoms. The molecule has 0 aliphatic carbocycles. The predicted molar refractivity (Wildman–Crippen MR) is 99.3 cm³/mol. The zero-order valence-electron chi connectivity index (χ0n) is 13.2. The molecule has 0 unspecified atom stereocenters. The molecule has 3 aromatic rings. The normalized spacial score (nSPS) is 16.0. The third-order valence-corrected chi connectivity index (χ3v) is 5.02. The van der Waals surface area contributed by atoms with Gasteiger partial charge in [0.15, 0.2) is 0 Å². The van der Waals surface area contributed by atoms with Gasteiger partial charge < -0.3 is 0 Å². The van der Waals surface area contributed by atoms with Crippen LogP contribution in [0.25, 0.3) is 10.9 Å². The minimum Gasteiger partial charge on any atom is -0.278 e. The molecule has 1 aromatic heterocycles. The Kier molecular flexibility index (Phi) is 3.34. The highest BCUT2D eigenvalue weighted by Gasteiger charge is 2.28. The summed E-state index contributed by atoms with van der Waals surface area (Å²) in [6.07, 6.45) is 2.78. The Morgan fingerprint density at radius 2 is 1.91 bits per heavy atom. The molecule has 0 radical (unpaired) electrons. The molecule has 1 aliphatic rings. The summed E-state index contributed by atoms with van der Waals surface area (Å²) in [6, 6.07) is 16.8. The third-order valence-electron chi connectivity index (χ3n) is 4.27. The van der Waals surface area contributed by atoms with Crippen LogP contribution in [0.5, 0.6) is 0 Å². The van der Waals surface area contributed by atoms with E-state index in [1.54, 1.807) is 0 Å². The highest BCUT2D eigenvalue weighted by molar-refractivity contribution is 9.10. The van der Waals surface area contributed by atoms with Crippen molar-refractivity contribution in [2.24, 2.45) is 4.99 Å². The van der Waals surface area contributed by atoms with Crippen molar-refractivity contribution in [2.45, 2.75) is 25.8 Å². The predicted octanol–water partition coefficient (Wildman–Crippen LogP) is 5.17. The molecule has 0 fully saturated rings. The van der Waals surface area contributed by atoms with Crippen molar-refractivity contribution in [3.05, 3.63) is 75.9 Å². The van der Waals surface area contributed by atoms with Gasteiger partial charge in [-0.05, 0) is 50.1 Å². The lowest BCUT2D eigenvalue weighted by molar-refractivity contribution is 0.512. The Labute approximate surface area is 144 Å². The molecule has 0 saturated carbocycles. The number of rotatable bonds is 1. The SMILES string of the molecule is CC1(C)Cc2c(Br)cccc2C(c2ccc3ncccc3c2)=N1. The van der Waals surface area contributed by atoms with Gasteiger partial charge in [0, 0.05) is 27.2 Å². The first kappa shape index (κ1) is 14.6. The molecular weight excluding hydrogens is 348 g/mol. The molecule has 0 saturated heterocycles. The van der Waals surface area contributed by atoms with Crippen molar-refractivity contribution >= 4 is 32.5 Å². The average molecular weight is 365 g/mol. The van der Waals surface area contributed by atoms with E-state index in [2.05, 4.69) is 77.2 Å². The largest absolute Gasteiger partial charge is 0.278 e. The van der Waals surface area contributed by atoms with Crippen LogP contribution in [0.2, 0.25) is 0 Å². The summed E-state index contributed by atoms with van der Waals surface area (Å²) in [4.78, 5) is 9.46. The van der Waals surface area contributed by atoms with Gasteiger partial charge in [0.2, 0.25) is 0 Å². The Hall–Kier alpha value is -2.00. The first-order valence-corrected chi connectivity index (χ1v) is 8.56. The third kappa shape index (κ3) is 2.59. The van der Waals surface area contributed by atoms with Crippen LogP contribution in [0, 0.1) is 0 Å². The van der Waals surface area contributed by atoms with E-state index in [0.29, 0.717) is 0 Å². The molecule has 114 valence electrons. The summed E-state index contributed by atoms with van der Waals surface area (Å²) < 4.78 is 1.16. The zero-order valence-corrected chi connectivity index (χ0v) is 14.8. The molecule has 2 heterocycles. The van der Waals surface area contributed by atoms with Gasteiger partial charge in [-0.15, -0.1) is 0 Å². The molecule has 0 N–H and O–H groups in total. The van der Waals surface area contributed by atoms with Gasteiger partial charge in [0.1, 0.15) is 0 Å². The number of hydrogen-bond acceptors (Lipinski definition) is 2. The second-order valence-electron chi connectivity index (χ2n) is 6.63. The number of pyridine rings is 1. The molecule has 4 rings (SSSR count). The van der Waals surface area contributed by atoms with Crippen LogP contribution < -0.4 is 0 Å². The lowest BCUT2D eigenvalue weighted by Gasteiger charge is -2.30. The first-order valence-electron chi connectivity index (χ1n) is 7.76. The smallest absolute Gasteiger partial charge is 0.0729 e. The minimum atomic E-state index is -0.101. The molecule has 2 nitrogen and oxygen atoms in total. The maximum Gasteiger partial charge on any atom is 0.0729 e. The van der Waals surface area contributed by atoms with Crippen molar-refractivity contribution in [1.29, 1.82) is 0 Å². The highest BCUT2D eigenvalue weighted by atomic mass is 79.9.